The van der Waals surface area contributed by atoms with Crippen molar-refractivity contribution in [2.75, 3.05) is 13.1 Å². The van der Waals surface area contributed by atoms with E-state index >= 15 is 0 Å². The number of hydrogen-bond acceptors (Lipinski definition) is 5. The molecule has 31 heavy (non-hydrogen) atoms. The van der Waals surface area contributed by atoms with Crippen molar-refractivity contribution in [3.8, 4) is 0 Å². The van der Waals surface area contributed by atoms with Crippen LogP contribution < -0.4 is 0 Å². The maximum Gasteiger partial charge on any atom is 0.410 e. The van der Waals surface area contributed by atoms with E-state index in [9.17, 15) is 14.7 Å². The van der Waals surface area contributed by atoms with E-state index in [2.05, 4.69) is 18.8 Å². The molecule has 2 heterocycles. The summed E-state index contributed by atoms with van der Waals surface area (Å²) in [5.74, 6) is 0.365. The van der Waals surface area contributed by atoms with Gasteiger partial charge in [-0.1, -0.05) is 45.0 Å². The number of carbonyl (C=O) groups is 2. The first-order chi connectivity index (χ1) is 14.4. The van der Waals surface area contributed by atoms with Crippen molar-refractivity contribution in [3.05, 3.63) is 65.0 Å². The van der Waals surface area contributed by atoms with Crippen LogP contribution in [0, 0.1) is 5.41 Å². The Morgan fingerprint density at radius 1 is 1.16 bits per heavy atom. The largest absolute Gasteiger partial charge is 0.444 e. The highest BCUT2D eigenvalue weighted by Gasteiger charge is 2.58. The van der Waals surface area contributed by atoms with Crippen LogP contribution in [0.1, 0.15) is 74.5 Å². The van der Waals surface area contributed by atoms with E-state index in [1.54, 1.807) is 17.2 Å². The molecule has 1 aliphatic rings. The summed E-state index contributed by atoms with van der Waals surface area (Å²) >= 11 is 0. The Bertz CT molecular complexity index is 956. The summed E-state index contributed by atoms with van der Waals surface area (Å²) < 4.78 is 5.48. The lowest BCUT2D eigenvalue weighted by Crippen LogP contribution is -2.66. The molecule has 0 radical (unpaired) electrons. The highest BCUT2D eigenvalue weighted by atomic mass is 16.6. The minimum Gasteiger partial charge on any atom is -0.444 e. The molecule has 166 valence electrons. The maximum atomic E-state index is 12.5. The summed E-state index contributed by atoms with van der Waals surface area (Å²) in [6.45, 7) is 12.3. The molecule has 0 spiro atoms. The predicted octanol–water partition coefficient (Wildman–Crippen LogP) is 4.51. The molecule has 3 rings (SSSR count). The smallest absolute Gasteiger partial charge is 0.410 e. The molecule has 1 fully saturated rings. The Morgan fingerprint density at radius 3 is 2.29 bits per heavy atom. The second kappa shape index (κ2) is 8.08. The second-order valence-corrected chi connectivity index (χ2v) is 10.0. The number of likely N-dealkylation sites (tertiary alicyclic amines) is 1. The first kappa shape index (κ1) is 22.9. The van der Waals surface area contributed by atoms with Crippen molar-refractivity contribution < 1.29 is 19.4 Å². The number of pyridine rings is 1. The lowest BCUT2D eigenvalue weighted by molar-refractivity contribution is -0.131. The summed E-state index contributed by atoms with van der Waals surface area (Å²) in [5, 5.41) is 12.2. The summed E-state index contributed by atoms with van der Waals surface area (Å²) in [5.41, 5.74) is 0.0729. The Hall–Kier alpha value is -2.73. The second-order valence-electron chi connectivity index (χ2n) is 10.0. The van der Waals surface area contributed by atoms with Gasteiger partial charge < -0.3 is 14.7 Å². The zero-order chi connectivity index (χ0) is 23.0. The number of rotatable bonds is 5. The van der Waals surface area contributed by atoms with Gasteiger partial charge in [-0.3, -0.25) is 9.78 Å². The number of amides is 1. The molecule has 6 heteroatoms. The highest BCUT2D eigenvalue weighted by molar-refractivity contribution is 5.74. The number of nitrogens with zero attached hydrogens (tertiary/aromatic N) is 2. The molecule has 0 aliphatic carbocycles. The molecule has 0 bridgehead atoms. The average molecular weight is 425 g/mol. The van der Waals surface area contributed by atoms with Gasteiger partial charge >= 0.3 is 6.09 Å². The Labute approximate surface area is 184 Å². The van der Waals surface area contributed by atoms with Crippen LogP contribution in [0.3, 0.4) is 0 Å². The van der Waals surface area contributed by atoms with Crippen LogP contribution in [-0.4, -0.2) is 46.1 Å². The van der Waals surface area contributed by atoms with E-state index in [4.69, 9.17) is 4.74 Å². The minimum atomic E-state index is -1.44. The zero-order valence-corrected chi connectivity index (χ0v) is 19.2. The summed E-state index contributed by atoms with van der Waals surface area (Å²) in [6, 6.07) is 9.53. The van der Waals surface area contributed by atoms with E-state index in [1.165, 1.54) is 11.8 Å². The molecule has 1 aromatic carbocycles. The SMILES string of the molecule is CC(C)c1ccc([C@](O)(c2cncc(C=O)c2)C2(C)CN(C(=O)OC(C)(C)C)C2)cc1. The van der Waals surface area contributed by atoms with E-state index in [0.29, 0.717) is 35.7 Å². The topological polar surface area (TPSA) is 79.7 Å². The first-order valence-electron chi connectivity index (χ1n) is 10.6. The molecule has 6 nitrogen and oxygen atoms in total. The van der Waals surface area contributed by atoms with Crippen LogP contribution in [0.5, 0.6) is 0 Å². The quantitative estimate of drug-likeness (QED) is 0.715. The summed E-state index contributed by atoms with van der Waals surface area (Å²) in [4.78, 5) is 29.6. The Morgan fingerprint density at radius 2 is 1.77 bits per heavy atom. The Kier molecular flexibility index (Phi) is 5.98. The zero-order valence-electron chi connectivity index (χ0n) is 19.2. The molecule has 1 atom stereocenters. The third kappa shape index (κ3) is 4.35. The monoisotopic (exact) mass is 424 g/mol. The summed E-state index contributed by atoms with van der Waals surface area (Å²) in [7, 11) is 0. The van der Waals surface area contributed by atoms with E-state index < -0.39 is 22.7 Å². The lowest BCUT2D eigenvalue weighted by atomic mass is 9.62. The number of carbonyl (C=O) groups excluding carboxylic acids is 2. The van der Waals surface area contributed by atoms with Crippen molar-refractivity contribution in [2.45, 2.75) is 58.7 Å². The van der Waals surface area contributed by atoms with Crippen molar-refractivity contribution in [1.82, 2.24) is 9.88 Å². The van der Waals surface area contributed by atoms with Gasteiger partial charge in [-0.15, -0.1) is 0 Å². The fraction of sp³-hybridized carbons (Fsp3) is 0.480. The molecule has 1 aliphatic heterocycles. The van der Waals surface area contributed by atoms with Crippen LogP contribution in [0.4, 0.5) is 4.79 Å². The number of aromatic nitrogens is 1. The number of aldehydes is 1. The van der Waals surface area contributed by atoms with Gasteiger partial charge in [0, 0.05) is 42.0 Å². The fourth-order valence-electron chi connectivity index (χ4n) is 4.17. The van der Waals surface area contributed by atoms with Crippen molar-refractivity contribution in [1.29, 1.82) is 0 Å². The minimum absolute atomic E-state index is 0.315. The number of aliphatic hydroxyl groups is 1. The Balaban J connectivity index is 2.01. The number of ether oxygens (including phenoxy) is 1. The average Bonchev–Trinajstić information content (AvgIpc) is 2.69. The van der Waals surface area contributed by atoms with Crippen molar-refractivity contribution in [2.24, 2.45) is 5.41 Å². The standard InChI is InChI=1S/C25H32N2O4/c1-17(2)19-7-9-20(10-8-19)25(30,21-11-18(14-28)12-26-13-21)24(6)15-27(16-24)22(29)31-23(3,4)5/h7-14,17,30H,15-16H2,1-6H3/t25-/m0/s1. The first-order valence-corrected chi connectivity index (χ1v) is 10.6. The van der Waals surface area contributed by atoms with Gasteiger partial charge in [0.25, 0.3) is 0 Å². The molecule has 1 aromatic heterocycles. The maximum absolute atomic E-state index is 12.5. The third-order valence-electron chi connectivity index (χ3n) is 5.91. The predicted molar refractivity (Wildman–Crippen MR) is 119 cm³/mol. The van der Waals surface area contributed by atoms with E-state index in [0.717, 1.165) is 6.29 Å². The van der Waals surface area contributed by atoms with Crippen molar-refractivity contribution >= 4 is 12.4 Å². The van der Waals surface area contributed by atoms with Crippen molar-refractivity contribution in [3.63, 3.8) is 0 Å². The van der Waals surface area contributed by atoms with E-state index in [1.807, 2.05) is 52.0 Å². The van der Waals surface area contributed by atoms with Gasteiger partial charge in [-0.05, 0) is 43.9 Å². The van der Waals surface area contributed by atoms with Crippen LogP contribution in [0.25, 0.3) is 0 Å². The van der Waals surface area contributed by atoms with Gasteiger partial charge in [0.2, 0.25) is 0 Å². The third-order valence-corrected chi connectivity index (χ3v) is 5.91. The number of benzene rings is 1. The summed E-state index contributed by atoms with van der Waals surface area (Å²) in [6.07, 6.45) is 3.37. The van der Waals surface area contributed by atoms with Gasteiger partial charge in [0.15, 0.2) is 6.29 Å². The molecular formula is C25H32N2O4. The van der Waals surface area contributed by atoms with Gasteiger partial charge in [-0.2, -0.15) is 0 Å². The molecule has 2 aromatic rings. The molecule has 1 saturated heterocycles. The van der Waals surface area contributed by atoms with Gasteiger partial charge in [0.05, 0.1) is 0 Å². The fourth-order valence-corrected chi connectivity index (χ4v) is 4.17. The molecule has 1 N–H and O–H groups in total. The van der Waals surface area contributed by atoms with Crippen LogP contribution >= 0.6 is 0 Å². The van der Waals surface area contributed by atoms with E-state index in [-0.39, 0.29) is 0 Å². The molecule has 0 unspecified atom stereocenters. The van der Waals surface area contributed by atoms with Gasteiger partial charge in [0.1, 0.15) is 11.2 Å². The molecular weight excluding hydrogens is 392 g/mol. The highest BCUT2D eigenvalue weighted by Crippen LogP contribution is 2.50. The van der Waals surface area contributed by atoms with Crippen LogP contribution in [-0.2, 0) is 10.3 Å². The van der Waals surface area contributed by atoms with Crippen LogP contribution in [0.2, 0.25) is 0 Å². The van der Waals surface area contributed by atoms with Gasteiger partial charge in [-0.25, -0.2) is 4.79 Å². The molecule has 1 amide bonds. The number of hydrogen-bond donors (Lipinski definition) is 1. The molecule has 0 saturated carbocycles. The lowest BCUT2D eigenvalue weighted by Gasteiger charge is -2.56. The normalized spacial score (nSPS) is 17.6. The van der Waals surface area contributed by atoms with Crippen LogP contribution in [0.15, 0.2) is 42.7 Å².